The Labute approximate surface area is 164 Å². The maximum atomic E-state index is 12.9. The van der Waals surface area contributed by atoms with Gasteiger partial charge in [0.15, 0.2) is 0 Å². The van der Waals surface area contributed by atoms with Gasteiger partial charge in [-0.1, -0.05) is 59.6 Å². The van der Waals surface area contributed by atoms with Gasteiger partial charge in [-0.05, 0) is 37.1 Å². The lowest BCUT2D eigenvalue weighted by Gasteiger charge is -2.29. The SMILES string of the molecule is CCNC(=O)[C@H](C)N(Cc1ccc(Cl)cc1Cl)C(=O)Cc1ccccc1. The van der Waals surface area contributed by atoms with Crippen molar-refractivity contribution in [1.82, 2.24) is 10.2 Å². The molecule has 0 aliphatic heterocycles. The number of nitrogens with zero attached hydrogens (tertiary/aromatic N) is 1. The van der Waals surface area contributed by atoms with Crippen LogP contribution in [0.15, 0.2) is 48.5 Å². The Balaban J connectivity index is 2.25. The van der Waals surface area contributed by atoms with Crippen molar-refractivity contribution in [3.63, 3.8) is 0 Å². The zero-order valence-corrected chi connectivity index (χ0v) is 16.3. The smallest absolute Gasteiger partial charge is 0.242 e. The summed E-state index contributed by atoms with van der Waals surface area (Å²) in [5, 5.41) is 3.76. The van der Waals surface area contributed by atoms with Gasteiger partial charge in [0.2, 0.25) is 11.8 Å². The van der Waals surface area contributed by atoms with Crippen LogP contribution in [0, 0.1) is 0 Å². The zero-order valence-electron chi connectivity index (χ0n) is 14.8. The Bertz CT molecular complexity index is 766. The third-order valence-corrected chi connectivity index (χ3v) is 4.66. The van der Waals surface area contributed by atoms with Crippen LogP contribution >= 0.6 is 23.2 Å². The molecule has 1 atom stereocenters. The van der Waals surface area contributed by atoms with Gasteiger partial charge in [-0.15, -0.1) is 0 Å². The molecular formula is C20H22Cl2N2O2. The van der Waals surface area contributed by atoms with Crippen LogP contribution in [0.25, 0.3) is 0 Å². The molecule has 0 heterocycles. The summed E-state index contributed by atoms with van der Waals surface area (Å²) in [6, 6.07) is 14.0. The summed E-state index contributed by atoms with van der Waals surface area (Å²) in [6.07, 6.45) is 0.218. The van der Waals surface area contributed by atoms with Crippen LogP contribution in [0.3, 0.4) is 0 Å². The number of amides is 2. The Hall–Kier alpha value is -2.04. The van der Waals surface area contributed by atoms with Crippen molar-refractivity contribution in [2.45, 2.75) is 32.9 Å². The van der Waals surface area contributed by atoms with E-state index in [2.05, 4.69) is 5.32 Å². The van der Waals surface area contributed by atoms with Gasteiger partial charge < -0.3 is 10.2 Å². The van der Waals surface area contributed by atoms with Crippen LogP contribution in [0.4, 0.5) is 0 Å². The summed E-state index contributed by atoms with van der Waals surface area (Å²) >= 11 is 12.2. The second kappa shape index (κ2) is 9.60. The van der Waals surface area contributed by atoms with E-state index in [4.69, 9.17) is 23.2 Å². The van der Waals surface area contributed by atoms with Gasteiger partial charge in [0, 0.05) is 23.1 Å². The lowest BCUT2D eigenvalue weighted by molar-refractivity contribution is -0.140. The summed E-state index contributed by atoms with van der Waals surface area (Å²) in [6.45, 7) is 4.31. The Kier molecular flexibility index (Phi) is 7.49. The summed E-state index contributed by atoms with van der Waals surface area (Å²) in [4.78, 5) is 26.8. The average molecular weight is 393 g/mol. The molecule has 0 spiro atoms. The molecule has 138 valence electrons. The number of hydrogen-bond donors (Lipinski definition) is 1. The molecule has 0 bridgehead atoms. The van der Waals surface area contributed by atoms with Crippen LogP contribution in [0.1, 0.15) is 25.0 Å². The highest BCUT2D eigenvalue weighted by atomic mass is 35.5. The van der Waals surface area contributed by atoms with Gasteiger partial charge in [-0.3, -0.25) is 9.59 Å². The molecule has 0 saturated heterocycles. The fourth-order valence-electron chi connectivity index (χ4n) is 2.61. The largest absolute Gasteiger partial charge is 0.355 e. The predicted octanol–water partition coefficient (Wildman–Crippen LogP) is 4.09. The van der Waals surface area contributed by atoms with Gasteiger partial charge >= 0.3 is 0 Å². The molecule has 0 aromatic heterocycles. The standard InChI is InChI=1S/C20H22Cl2N2O2/c1-3-23-20(26)14(2)24(13-16-9-10-17(21)12-18(16)22)19(25)11-15-7-5-4-6-8-15/h4-10,12,14H,3,11,13H2,1-2H3,(H,23,26)/t14-/m0/s1. The fourth-order valence-corrected chi connectivity index (χ4v) is 3.08. The van der Waals surface area contributed by atoms with Crippen molar-refractivity contribution < 1.29 is 9.59 Å². The number of benzene rings is 2. The first-order chi connectivity index (χ1) is 12.4. The topological polar surface area (TPSA) is 49.4 Å². The highest BCUT2D eigenvalue weighted by Gasteiger charge is 2.26. The van der Waals surface area contributed by atoms with E-state index in [1.165, 1.54) is 0 Å². The van der Waals surface area contributed by atoms with E-state index >= 15 is 0 Å². The summed E-state index contributed by atoms with van der Waals surface area (Å²) in [7, 11) is 0. The quantitative estimate of drug-likeness (QED) is 0.771. The van der Waals surface area contributed by atoms with Crippen molar-refractivity contribution in [2.75, 3.05) is 6.54 Å². The lowest BCUT2D eigenvalue weighted by atomic mass is 10.1. The number of likely N-dealkylation sites (N-methyl/N-ethyl adjacent to an activating group) is 1. The molecule has 4 nitrogen and oxygen atoms in total. The van der Waals surface area contributed by atoms with E-state index in [-0.39, 0.29) is 24.8 Å². The molecule has 2 amide bonds. The first kappa shape index (κ1) is 20.3. The second-order valence-electron chi connectivity index (χ2n) is 5.99. The van der Waals surface area contributed by atoms with Crippen LogP contribution in [0.5, 0.6) is 0 Å². The lowest BCUT2D eigenvalue weighted by Crippen LogP contribution is -2.48. The van der Waals surface area contributed by atoms with Crippen molar-refractivity contribution >= 4 is 35.0 Å². The molecular weight excluding hydrogens is 371 g/mol. The van der Waals surface area contributed by atoms with Gasteiger partial charge in [0.25, 0.3) is 0 Å². The van der Waals surface area contributed by atoms with E-state index in [1.807, 2.05) is 37.3 Å². The first-order valence-corrected chi connectivity index (χ1v) is 9.23. The molecule has 0 aliphatic rings. The van der Waals surface area contributed by atoms with Crippen molar-refractivity contribution in [3.05, 3.63) is 69.7 Å². The molecule has 2 aromatic rings. The van der Waals surface area contributed by atoms with Crippen molar-refractivity contribution in [3.8, 4) is 0 Å². The van der Waals surface area contributed by atoms with Crippen molar-refractivity contribution in [2.24, 2.45) is 0 Å². The molecule has 0 saturated carbocycles. The molecule has 6 heteroatoms. The Morgan fingerprint density at radius 3 is 2.42 bits per heavy atom. The molecule has 0 aliphatic carbocycles. The summed E-state index contributed by atoms with van der Waals surface area (Å²) in [5.74, 6) is -0.333. The normalized spacial score (nSPS) is 11.7. The molecule has 0 fully saturated rings. The third-order valence-electron chi connectivity index (χ3n) is 4.07. The van der Waals surface area contributed by atoms with Crippen LogP contribution in [-0.4, -0.2) is 29.3 Å². The molecule has 0 unspecified atom stereocenters. The van der Waals surface area contributed by atoms with Gasteiger partial charge in [0.05, 0.1) is 6.42 Å². The summed E-state index contributed by atoms with van der Waals surface area (Å²) < 4.78 is 0. The maximum Gasteiger partial charge on any atom is 0.242 e. The summed E-state index contributed by atoms with van der Waals surface area (Å²) in [5.41, 5.74) is 1.64. The first-order valence-electron chi connectivity index (χ1n) is 8.47. The van der Waals surface area contributed by atoms with Gasteiger partial charge in [0.1, 0.15) is 6.04 Å². The highest BCUT2D eigenvalue weighted by molar-refractivity contribution is 6.35. The minimum Gasteiger partial charge on any atom is -0.355 e. The van der Waals surface area contributed by atoms with E-state index in [1.54, 1.807) is 30.0 Å². The molecule has 1 N–H and O–H groups in total. The average Bonchev–Trinajstić information content (AvgIpc) is 2.61. The number of nitrogens with one attached hydrogen (secondary N) is 1. The number of rotatable bonds is 7. The Morgan fingerprint density at radius 1 is 1.12 bits per heavy atom. The van der Waals surface area contributed by atoms with Gasteiger partial charge in [-0.2, -0.15) is 0 Å². The molecule has 2 rings (SSSR count). The highest BCUT2D eigenvalue weighted by Crippen LogP contribution is 2.23. The van der Waals surface area contributed by atoms with Crippen LogP contribution in [0.2, 0.25) is 10.0 Å². The monoisotopic (exact) mass is 392 g/mol. The van der Waals surface area contributed by atoms with E-state index in [9.17, 15) is 9.59 Å². The number of hydrogen-bond acceptors (Lipinski definition) is 2. The molecule has 2 aromatic carbocycles. The number of carbonyl (C=O) groups excluding carboxylic acids is 2. The van der Waals surface area contributed by atoms with E-state index < -0.39 is 6.04 Å². The second-order valence-corrected chi connectivity index (χ2v) is 6.83. The van der Waals surface area contributed by atoms with Gasteiger partial charge in [-0.25, -0.2) is 0 Å². The zero-order chi connectivity index (χ0) is 19.1. The number of carbonyl (C=O) groups is 2. The minimum absolute atomic E-state index is 0.138. The molecule has 0 radical (unpaired) electrons. The number of halogens is 2. The maximum absolute atomic E-state index is 12.9. The van der Waals surface area contributed by atoms with E-state index in [0.29, 0.717) is 16.6 Å². The predicted molar refractivity (Wildman–Crippen MR) is 105 cm³/mol. The molecule has 26 heavy (non-hydrogen) atoms. The fraction of sp³-hybridized carbons (Fsp3) is 0.300. The van der Waals surface area contributed by atoms with Crippen molar-refractivity contribution in [1.29, 1.82) is 0 Å². The van der Waals surface area contributed by atoms with E-state index in [0.717, 1.165) is 11.1 Å². The Morgan fingerprint density at radius 2 is 1.81 bits per heavy atom. The van der Waals surface area contributed by atoms with Crippen LogP contribution < -0.4 is 5.32 Å². The van der Waals surface area contributed by atoms with Crippen LogP contribution in [-0.2, 0) is 22.6 Å². The third kappa shape index (κ3) is 5.48. The minimum atomic E-state index is -0.613.